The Morgan fingerprint density at radius 3 is 2.14 bits per heavy atom. The normalized spacial score (nSPS) is 11.1. The molecule has 14 heavy (non-hydrogen) atoms. The van der Waals surface area contributed by atoms with Gasteiger partial charge in [-0.25, -0.2) is 0 Å². The van der Waals surface area contributed by atoms with E-state index in [0.29, 0.717) is 19.4 Å². The van der Waals surface area contributed by atoms with E-state index < -0.39 is 0 Å². The van der Waals surface area contributed by atoms with Crippen LogP contribution in [0.4, 0.5) is 0 Å². The van der Waals surface area contributed by atoms with Gasteiger partial charge in [-0.1, -0.05) is 27.7 Å². The first kappa shape index (κ1) is 13.1. The van der Waals surface area contributed by atoms with Crippen molar-refractivity contribution < 1.29 is 9.59 Å². The lowest BCUT2D eigenvalue weighted by Crippen LogP contribution is -2.27. The van der Waals surface area contributed by atoms with E-state index in [0.717, 1.165) is 6.42 Å². The smallest absolute Gasteiger partial charge is 0.220 e. The number of ketones is 1. The van der Waals surface area contributed by atoms with Crippen LogP contribution < -0.4 is 5.32 Å². The molecule has 0 saturated heterocycles. The molecule has 0 aromatic rings. The van der Waals surface area contributed by atoms with Gasteiger partial charge in [0.25, 0.3) is 0 Å². The highest BCUT2D eigenvalue weighted by Crippen LogP contribution is 2.17. The number of nitrogens with one attached hydrogen (secondary N) is 1. The molecule has 0 heterocycles. The fourth-order valence-corrected chi connectivity index (χ4v) is 0.955. The quantitative estimate of drug-likeness (QED) is 0.735. The van der Waals surface area contributed by atoms with Crippen molar-refractivity contribution in [3.8, 4) is 0 Å². The zero-order valence-corrected chi connectivity index (χ0v) is 9.64. The predicted octanol–water partition coefficient (Wildman–Crippen LogP) is 1.91. The van der Waals surface area contributed by atoms with E-state index in [1.54, 1.807) is 0 Å². The first-order valence-electron chi connectivity index (χ1n) is 5.18. The summed E-state index contributed by atoms with van der Waals surface area (Å²) in [6.07, 6.45) is 1.59. The van der Waals surface area contributed by atoms with Crippen molar-refractivity contribution in [1.82, 2.24) is 5.32 Å². The van der Waals surface area contributed by atoms with Gasteiger partial charge in [-0.3, -0.25) is 9.59 Å². The third-order valence-corrected chi connectivity index (χ3v) is 1.99. The summed E-state index contributed by atoms with van der Waals surface area (Å²) in [5.74, 6) is 0.119. The molecular weight excluding hydrogens is 178 g/mol. The van der Waals surface area contributed by atoms with Crippen LogP contribution in [0, 0.1) is 5.41 Å². The van der Waals surface area contributed by atoms with Crippen LogP contribution in [0.25, 0.3) is 0 Å². The highest BCUT2D eigenvalue weighted by Gasteiger charge is 2.21. The van der Waals surface area contributed by atoms with E-state index in [-0.39, 0.29) is 17.1 Å². The largest absolute Gasteiger partial charge is 0.356 e. The molecule has 0 radical (unpaired) electrons. The van der Waals surface area contributed by atoms with Gasteiger partial charge in [-0.15, -0.1) is 0 Å². The van der Waals surface area contributed by atoms with Crippen LogP contribution in [-0.2, 0) is 9.59 Å². The highest BCUT2D eigenvalue weighted by molar-refractivity contribution is 5.88. The van der Waals surface area contributed by atoms with Crippen molar-refractivity contribution in [2.24, 2.45) is 5.41 Å². The molecule has 0 saturated carbocycles. The van der Waals surface area contributed by atoms with E-state index in [1.165, 1.54) is 0 Å². The number of carbonyl (C=O) groups excluding carboxylic acids is 2. The minimum atomic E-state index is -0.328. The Hall–Kier alpha value is -0.860. The predicted molar refractivity (Wildman–Crippen MR) is 57.0 cm³/mol. The van der Waals surface area contributed by atoms with Gasteiger partial charge < -0.3 is 5.32 Å². The fraction of sp³-hybridized carbons (Fsp3) is 0.818. The van der Waals surface area contributed by atoms with Gasteiger partial charge in [0.2, 0.25) is 5.91 Å². The van der Waals surface area contributed by atoms with Crippen LogP contribution in [-0.4, -0.2) is 18.2 Å². The third kappa shape index (κ3) is 5.73. The molecule has 0 spiro atoms. The van der Waals surface area contributed by atoms with Crippen molar-refractivity contribution >= 4 is 11.7 Å². The lowest BCUT2D eigenvalue weighted by molar-refractivity contribution is -0.129. The topological polar surface area (TPSA) is 46.2 Å². The Morgan fingerprint density at radius 1 is 1.14 bits per heavy atom. The molecule has 0 rings (SSSR count). The molecule has 0 aliphatic rings. The highest BCUT2D eigenvalue weighted by atomic mass is 16.2. The Bertz CT molecular complexity index is 204. The second-order valence-electron chi connectivity index (χ2n) is 4.52. The molecule has 3 heteroatoms. The summed E-state index contributed by atoms with van der Waals surface area (Å²) < 4.78 is 0. The van der Waals surface area contributed by atoms with E-state index >= 15 is 0 Å². The van der Waals surface area contributed by atoms with E-state index in [2.05, 4.69) is 5.32 Å². The number of amides is 1. The molecule has 1 amide bonds. The van der Waals surface area contributed by atoms with Gasteiger partial charge in [0, 0.05) is 24.8 Å². The minimum Gasteiger partial charge on any atom is -0.356 e. The van der Waals surface area contributed by atoms with Crippen molar-refractivity contribution in [3.63, 3.8) is 0 Å². The summed E-state index contributed by atoms with van der Waals surface area (Å²) in [7, 11) is 0. The molecule has 82 valence electrons. The molecule has 3 nitrogen and oxygen atoms in total. The fourth-order valence-electron chi connectivity index (χ4n) is 0.955. The first-order valence-corrected chi connectivity index (χ1v) is 5.18. The Labute approximate surface area is 86.3 Å². The van der Waals surface area contributed by atoms with Gasteiger partial charge in [-0.05, 0) is 6.42 Å². The van der Waals surface area contributed by atoms with Crippen LogP contribution in [0.3, 0.4) is 0 Å². The maximum atomic E-state index is 11.5. The molecule has 0 aliphatic heterocycles. The lowest BCUT2D eigenvalue weighted by Gasteiger charge is -2.15. The maximum Gasteiger partial charge on any atom is 0.220 e. The molecule has 1 N–H and O–H groups in total. The maximum absolute atomic E-state index is 11.5. The van der Waals surface area contributed by atoms with Gasteiger partial charge in [0.15, 0.2) is 0 Å². The van der Waals surface area contributed by atoms with Crippen LogP contribution >= 0.6 is 0 Å². The number of rotatable bonds is 5. The standard InChI is InChI=1S/C11H21NO2/c1-5-8-12-10(14)7-6-9(13)11(2,3)4/h5-8H2,1-4H3,(H,12,14). The SMILES string of the molecule is CCCNC(=O)CCC(=O)C(C)(C)C. The van der Waals surface area contributed by atoms with Crippen molar-refractivity contribution in [2.45, 2.75) is 47.0 Å². The Morgan fingerprint density at radius 2 is 1.71 bits per heavy atom. The average molecular weight is 199 g/mol. The summed E-state index contributed by atoms with van der Waals surface area (Å²) in [5, 5.41) is 2.75. The van der Waals surface area contributed by atoms with Crippen molar-refractivity contribution in [1.29, 1.82) is 0 Å². The molecule has 0 atom stereocenters. The van der Waals surface area contributed by atoms with Crippen LogP contribution in [0.5, 0.6) is 0 Å². The molecular formula is C11H21NO2. The Kier molecular flexibility index (Phi) is 5.43. The third-order valence-electron chi connectivity index (χ3n) is 1.99. The monoisotopic (exact) mass is 199 g/mol. The van der Waals surface area contributed by atoms with Crippen LogP contribution in [0.2, 0.25) is 0 Å². The molecule has 0 aromatic carbocycles. The van der Waals surface area contributed by atoms with Gasteiger partial charge in [0.1, 0.15) is 5.78 Å². The van der Waals surface area contributed by atoms with E-state index in [9.17, 15) is 9.59 Å². The minimum absolute atomic E-state index is 0.0237. The zero-order chi connectivity index (χ0) is 11.2. The molecule has 0 aromatic heterocycles. The lowest BCUT2D eigenvalue weighted by atomic mass is 9.88. The zero-order valence-electron chi connectivity index (χ0n) is 9.64. The second-order valence-corrected chi connectivity index (χ2v) is 4.52. The molecule has 0 unspecified atom stereocenters. The number of hydrogen-bond donors (Lipinski definition) is 1. The molecule has 0 aliphatic carbocycles. The summed E-state index contributed by atoms with van der Waals surface area (Å²) in [6.45, 7) is 8.32. The van der Waals surface area contributed by atoms with E-state index in [1.807, 2.05) is 27.7 Å². The van der Waals surface area contributed by atoms with Crippen LogP contribution in [0.1, 0.15) is 47.0 Å². The molecule has 0 bridgehead atoms. The molecule has 0 fully saturated rings. The second kappa shape index (κ2) is 5.78. The number of hydrogen-bond acceptors (Lipinski definition) is 2. The number of carbonyl (C=O) groups is 2. The average Bonchev–Trinajstić information content (AvgIpc) is 2.09. The summed E-state index contributed by atoms with van der Waals surface area (Å²) in [5.41, 5.74) is -0.328. The van der Waals surface area contributed by atoms with Crippen LogP contribution in [0.15, 0.2) is 0 Å². The van der Waals surface area contributed by atoms with Crippen molar-refractivity contribution in [2.75, 3.05) is 6.54 Å². The Balaban J connectivity index is 3.73. The summed E-state index contributed by atoms with van der Waals surface area (Å²) in [4.78, 5) is 22.6. The first-order chi connectivity index (χ1) is 6.38. The van der Waals surface area contributed by atoms with E-state index in [4.69, 9.17) is 0 Å². The van der Waals surface area contributed by atoms with Gasteiger partial charge >= 0.3 is 0 Å². The van der Waals surface area contributed by atoms with Crippen molar-refractivity contribution in [3.05, 3.63) is 0 Å². The summed E-state index contributed by atoms with van der Waals surface area (Å²) in [6, 6.07) is 0. The van der Waals surface area contributed by atoms with Gasteiger partial charge in [-0.2, -0.15) is 0 Å². The summed E-state index contributed by atoms with van der Waals surface area (Å²) >= 11 is 0. The number of Topliss-reactive ketones (excluding diaryl/α,β-unsaturated/α-hetero) is 1. The van der Waals surface area contributed by atoms with Gasteiger partial charge in [0.05, 0.1) is 0 Å².